The molecule has 152 valence electrons. The van der Waals surface area contributed by atoms with Gasteiger partial charge in [-0.15, -0.1) is 11.3 Å². The number of ether oxygens (including phenoxy) is 1. The topological polar surface area (TPSA) is 93.3 Å². The number of hydrogen-bond acceptors (Lipinski definition) is 10. The first kappa shape index (κ1) is 19.0. The largest absolute Gasteiger partial charge is 0.378 e. The molecule has 0 bridgehead atoms. The van der Waals surface area contributed by atoms with Crippen molar-refractivity contribution >= 4 is 45.1 Å². The lowest BCUT2D eigenvalue weighted by Crippen LogP contribution is -2.36. The van der Waals surface area contributed by atoms with Gasteiger partial charge in [0, 0.05) is 61.5 Å². The van der Waals surface area contributed by atoms with Crippen LogP contribution in [-0.4, -0.2) is 75.7 Å². The zero-order valence-corrected chi connectivity index (χ0v) is 17.7. The van der Waals surface area contributed by atoms with Crippen LogP contribution in [0.2, 0.25) is 0 Å². The minimum absolute atomic E-state index is 0.251. The van der Waals surface area contributed by atoms with E-state index in [0.717, 1.165) is 67.5 Å². The summed E-state index contributed by atoms with van der Waals surface area (Å²) in [7, 11) is 0. The van der Waals surface area contributed by atoms with Gasteiger partial charge >= 0.3 is 0 Å². The van der Waals surface area contributed by atoms with E-state index in [9.17, 15) is 0 Å². The van der Waals surface area contributed by atoms with Gasteiger partial charge in [0.2, 0.25) is 5.95 Å². The van der Waals surface area contributed by atoms with Crippen LogP contribution in [0.25, 0.3) is 21.6 Å². The van der Waals surface area contributed by atoms with Crippen LogP contribution in [0.1, 0.15) is 4.88 Å². The molecule has 0 aliphatic carbocycles. The van der Waals surface area contributed by atoms with E-state index in [2.05, 4.69) is 25.8 Å². The van der Waals surface area contributed by atoms with Crippen LogP contribution in [0.3, 0.4) is 0 Å². The Morgan fingerprint density at radius 2 is 1.79 bits per heavy atom. The van der Waals surface area contributed by atoms with E-state index in [4.69, 9.17) is 20.4 Å². The van der Waals surface area contributed by atoms with Crippen molar-refractivity contribution in [3.8, 4) is 11.4 Å². The lowest BCUT2D eigenvalue weighted by atomic mass is 10.3. The van der Waals surface area contributed by atoms with Gasteiger partial charge in [0.05, 0.1) is 29.0 Å². The molecule has 2 N–H and O–H groups in total. The number of hydrogen-bond donors (Lipinski definition) is 1. The molecular formula is C19H23N7OS2. The predicted octanol–water partition coefficient (Wildman–Crippen LogP) is 2.12. The Morgan fingerprint density at radius 1 is 1.03 bits per heavy atom. The molecular weight excluding hydrogens is 406 g/mol. The predicted molar refractivity (Wildman–Crippen MR) is 118 cm³/mol. The third kappa shape index (κ3) is 4.16. The van der Waals surface area contributed by atoms with Crippen molar-refractivity contribution in [3.05, 3.63) is 23.3 Å². The fourth-order valence-corrected chi connectivity index (χ4v) is 5.73. The van der Waals surface area contributed by atoms with Gasteiger partial charge in [0.1, 0.15) is 0 Å². The van der Waals surface area contributed by atoms with Crippen molar-refractivity contribution in [2.45, 2.75) is 6.54 Å². The summed E-state index contributed by atoms with van der Waals surface area (Å²) >= 11 is 3.85. The quantitative estimate of drug-likeness (QED) is 0.669. The molecule has 10 heteroatoms. The fraction of sp³-hybridized carbons (Fsp3) is 0.474. The highest BCUT2D eigenvalue weighted by molar-refractivity contribution is 7.99. The average molecular weight is 430 g/mol. The lowest BCUT2D eigenvalue weighted by Gasteiger charge is -2.28. The highest BCUT2D eigenvalue weighted by Gasteiger charge is 2.21. The van der Waals surface area contributed by atoms with Crippen molar-refractivity contribution in [2.75, 3.05) is 61.5 Å². The SMILES string of the molecule is Nc1ncc(-c2nc(N3CCOCC3)c3sc(CN4CCSCC4)cc3n2)cn1. The number of thiophene rings is 1. The zero-order valence-electron chi connectivity index (χ0n) is 16.1. The molecule has 2 aliphatic rings. The van der Waals surface area contributed by atoms with Crippen LogP contribution >= 0.6 is 23.1 Å². The number of nitrogen functional groups attached to an aromatic ring is 1. The van der Waals surface area contributed by atoms with Crippen LogP contribution in [0, 0.1) is 0 Å². The minimum atomic E-state index is 0.251. The first-order chi connectivity index (χ1) is 14.3. The normalized spacial score (nSPS) is 18.4. The van der Waals surface area contributed by atoms with Crippen molar-refractivity contribution in [3.63, 3.8) is 0 Å². The van der Waals surface area contributed by atoms with E-state index >= 15 is 0 Å². The molecule has 3 aromatic heterocycles. The number of rotatable bonds is 4. The van der Waals surface area contributed by atoms with E-state index in [1.165, 1.54) is 16.4 Å². The molecule has 8 nitrogen and oxygen atoms in total. The maximum Gasteiger partial charge on any atom is 0.219 e. The van der Waals surface area contributed by atoms with Gasteiger partial charge < -0.3 is 15.4 Å². The molecule has 0 amide bonds. The minimum Gasteiger partial charge on any atom is -0.378 e. The smallest absolute Gasteiger partial charge is 0.219 e. The second-order valence-electron chi connectivity index (χ2n) is 7.12. The first-order valence-corrected chi connectivity index (χ1v) is 11.7. The third-order valence-corrected chi connectivity index (χ3v) is 7.18. The van der Waals surface area contributed by atoms with Crippen LogP contribution < -0.4 is 10.6 Å². The Hall–Kier alpha value is -2.01. The molecule has 2 fully saturated rings. The number of nitrogens with two attached hydrogens (primary N) is 1. The van der Waals surface area contributed by atoms with Crippen molar-refractivity contribution in [1.29, 1.82) is 0 Å². The second kappa shape index (κ2) is 8.39. The number of fused-ring (bicyclic) bond motifs is 1. The summed E-state index contributed by atoms with van der Waals surface area (Å²) in [6, 6.07) is 2.22. The summed E-state index contributed by atoms with van der Waals surface area (Å²) in [5.74, 6) is 4.30. The standard InChI is InChI=1S/C19H23N7OS2/c20-19-21-10-13(11-22-19)17-23-15-9-14(12-25-3-7-28-8-4-25)29-16(15)18(24-17)26-1-5-27-6-2-26/h9-11H,1-8,12H2,(H2,20,21,22). The Kier molecular flexibility index (Phi) is 5.49. The van der Waals surface area contributed by atoms with E-state index in [-0.39, 0.29) is 5.95 Å². The van der Waals surface area contributed by atoms with Gasteiger partial charge in [0.15, 0.2) is 11.6 Å². The summed E-state index contributed by atoms with van der Waals surface area (Å²) in [6.45, 7) is 6.38. The number of nitrogens with zero attached hydrogens (tertiary/aromatic N) is 6. The van der Waals surface area contributed by atoms with Crippen LogP contribution in [0.5, 0.6) is 0 Å². The summed E-state index contributed by atoms with van der Waals surface area (Å²) in [5, 5.41) is 0. The molecule has 5 heterocycles. The molecule has 0 radical (unpaired) electrons. The Bertz CT molecular complexity index is 982. The Morgan fingerprint density at radius 3 is 2.55 bits per heavy atom. The highest BCUT2D eigenvalue weighted by atomic mass is 32.2. The molecule has 0 atom stereocenters. The summed E-state index contributed by atoms with van der Waals surface area (Å²) in [5.41, 5.74) is 7.40. The van der Waals surface area contributed by atoms with Gasteiger partial charge in [-0.05, 0) is 6.07 Å². The zero-order chi connectivity index (χ0) is 19.6. The first-order valence-electron chi connectivity index (χ1n) is 9.77. The van der Waals surface area contributed by atoms with Gasteiger partial charge in [-0.2, -0.15) is 11.8 Å². The van der Waals surface area contributed by atoms with Gasteiger partial charge in [-0.1, -0.05) is 0 Å². The Labute approximate surface area is 177 Å². The van der Waals surface area contributed by atoms with E-state index in [0.29, 0.717) is 5.82 Å². The van der Waals surface area contributed by atoms with E-state index < -0.39 is 0 Å². The molecule has 3 aromatic rings. The lowest BCUT2D eigenvalue weighted by molar-refractivity contribution is 0.122. The maximum absolute atomic E-state index is 5.64. The van der Waals surface area contributed by atoms with Crippen LogP contribution in [0.4, 0.5) is 11.8 Å². The van der Waals surface area contributed by atoms with Gasteiger partial charge in [-0.3, -0.25) is 4.90 Å². The second-order valence-corrected chi connectivity index (χ2v) is 9.48. The number of thioether (sulfide) groups is 1. The van der Waals surface area contributed by atoms with Gasteiger partial charge in [-0.25, -0.2) is 19.9 Å². The summed E-state index contributed by atoms with van der Waals surface area (Å²) < 4.78 is 6.69. The highest BCUT2D eigenvalue weighted by Crippen LogP contribution is 2.35. The van der Waals surface area contributed by atoms with E-state index in [1.807, 2.05) is 23.1 Å². The number of aromatic nitrogens is 4. The molecule has 2 aliphatic heterocycles. The van der Waals surface area contributed by atoms with Crippen molar-refractivity contribution in [2.24, 2.45) is 0 Å². The molecule has 0 unspecified atom stereocenters. The van der Waals surface area contributed by atoms with Crippen LogP contribution in [-0.2, 0) is 11.3 Å². The molecule has 29 heavy (non-hydrogen) atoms. The fourth-order valence-electron chi connectivity index (χ4n) is 3.59. The molecule has 2 saturated heterocycles. The van der Waals surface area contributed by atoms with Crippen molar-refractivity contribution < 1.29 is 4.74 Å². The molecule has 5 rings (SSSR count). The average Bonchev–Trinajstić information content (AvgIpc) is 3.17. The number of anilines is 2. The summed E-state index contributed by atoms with van der Waals surface area (Å²) in [6.07, 6.45) is 3.37. The third-order valence-electron chi connectivity index (χ3n) is 5.13. The molecule has 0 spiro atoms. The van der Waals surface area contributed by atoms with E-state index in [1.54, 1.807) is 12.4 Å². The van der Waals surface area contributed by atoms with Gasteiger partial charge in [0.25, 0.3) is 0 Å². The molecule has 0 aromatic carbocycles. The van der Waals surface area contributed by atoms with Crippen molar-refractivity contribution in [1.82, 2.24) is 24.8 Å². The maximum atomic E-state index is 5.64. The Balaban J connectivity index is 1.54. The summed E-state index contributed by atoms with van der Waals surface area (Å²) in [4.78, 5) is 24.1. The number of morpholine rings is 1. The molecule has 0 saturated carbocycles. The van der Waals surface area contributed by atoms with Crippen LogP contribution in [0.15, 0.2) is 18.5 Å². The monoisotopic (exact) mass is 429 g/mol.